The van der Waals surface area contributed by atoms with Crippen molar-refractivity contribution in [3.05, 3.63) is 7.05 Å². The lowest BCUT2D eigenvalue weighted by molar-refractivity contribution is -0.174. The zero-order valence-corrected chi connectivity index (χ0v) is 6.90. The van der Waals surface area contributed by atoms with E-state index in [1.54, 1.807) is 4.90 Å². The van der Waals surface area contributed by atoms with Crippen molar-refractivity contribution in [1.29, 1.82) is 0 Å². The summed E-state index contributed by atoms with van der Waals surface area (Å²) < 4.78 is 35.3. The Hall–Kier alpha value is -0.780. The van der Waals surface area contributed by atoms with Gasteiger partial charge in [0.25, 0.3) is 0 Å². The van der Waals surface area contributed by atoms with Crippen molar-refractivity contribution in [3.8, 4) is 0 Å². The second-order valence-electron chi connectivity index (χ2n) is 3.03. The summed E-state index contributed by atoms with van der Waals surface area (Å²) in [5, 5.41) is 1.90. The van der Waals surface area contributed by atoms with Crippen molar-refractivity contribution in [3.63, 3.8) is 0 Å². The summed E-state index contributed by atoms with van der Waals surface area (Å²) in [7, 11) is 3.56. The first-order valence-corrected chi connectivity index (χ1v) is 3.82. The quantitative estimate of drug-likeness (QED) is 0.619. The van der Waals surface area contributed by atoms with Crippen LogP contribution < -0.4 is 5.32 Å². The molecule has 3 nitrogen and oxygen atoms in total. The van der Waals surface area contributed by atoms with E-state index in [0.29, 0.717) is 19.5 Å². The zero-order valence-electron chi connectivity index (χ0n) is 6.90. The van der Waals surface area contributed by atoms with Crippen molar-refractivity contribution >= 4 is 5.91 Å². The average Bonchev–Trinajstić information content (AvgIpc) is 2.33. The Labute approximate surface area is 73.9 Å². The number of alkyl halides is 3. The third-order valence-corrected chi connectivity index (χ3v) is 1.87. The van der Waals surface area contributed by atoms with Gasteiger partial charge in [0.15, 0.2) is 0 Å². The topological polar surface area (TPSA) is 32.3 Å². The van der Waals surface area contributed by atoms with Crippen LogP contribution in [0.5, 0.6) is 0 Å². The van der Waals surface area contributed by atoms with Gasteiger partial charge < -0.3 is 10.2 Å². The van der Waals surface area contributed by atoms with E-state index in [2.05, 4.69) is 7.05 Å². The van der Waals surface area contributed by atoms with Gasteiger partial charge in [0.2, 0.25) is 0 Å². The van der Waals surface area contributed by atoms with Crippen LogP contribution in [0.1, 0.15) is 6.42 Å². The first-order valence-electron chi connectivity index (χ1n) is 3.82. The lowest BCUT2D eigenvalue weighted by atomic mass is 10.2. The molecule has 1 saturated heterocycles. The summed E-state index contributed by atoms with van der Waals surface area (Å²) in [5.41, 5.74) is 0. The fourth-order valence-electron chi connectivity index (χ4n) is 1.22. The van der Waals surface area contributed by atoms with Crippen LogP contribution in [0.3, 0.4) is 0 Å². The second-order valence-corrected chi connectivity index (χ2v) is 3.03. The SMILES string of the molecule is [CH2-]N1CC[C@H](NC(=O)C(F)(F)F)C1. The van der Waals surface area contributed by atoms with Crippen LogP contribution in [-0.2, 0) is 4.79 Å². The molecule has 1 heterocycles. The van der Waals surface area contributed by atoms with Crippen LogP contribution in [0.25, 0.3) is 0 Å². The Balaban J connectivity index is 2.37. The number of nitrogens with zero attached hydrogens (tertiary/aromatic N) is 1. The zero-order chi connectivity index (χ0) is 10.1. The normalized spacial score (nSPS) is 24.8. The molecule has 0 aromatic rings. The highest BCUT2D eigenvalue weighted by molar-refractivity contribution is 5.81. The average molecular weight is 195 g/mol. The summed E-state index contributed by atoms with van der Waals surface area (Å²) >= 11 is 0. The molecule has 0 bridgehead atoms. The molecule has 0 aromatic carbocycles. The number of likely N-dealkylation sites (tertiary alicyclic amines) is 1. The minimum Gasteiger partial charge on any atom is -0.457 e. The maximum Gasteiger partial charge on any atom is 0.471 e. The molecule has 6 heteroatoms. The van der Waals surface area contributed by atoms with E-state index >= 15 is 0 Å². The Kier molecular flexibility index (Phi) is 2.80. The highest BCUT2D eigenvalue weighted by Gasteiger charge is 2.39. The van der Waals surface area contributed by atoms with Gasteiger partial charge in [-0.25, -0.2) is 0 Å². The van der Waals surface area contributed by atoms with Crippen molar-refractivity contribution in [2.75, 3.05) is 13.1 Å². The van der Waals surface area contributed by atoms with Gasteiger partial charge in [0.1, 0.15) is 0 Å². The predicted octanol–water partition coefficient (Wildman–Crippen LogP) is 0.531. The summed E-state index contributed by atoms with van der Waals surface area (Å²) in [5.74, 6) is -1.87. The molecule has 1 fully saturated rings. The van der Waals surface area contributed by atoms with Crippen molar-refractivity contribution in [1.82, 2.24) is 10.2 Å². The fourth-order valence-corrected chi connectivity index (χ4v) is 1.22. The first kappa shape index (κ1) is 10.3. The monoisotopic (exact) mass is 195 g/mol. The third kappa shape index (κ3) is 2.87. The molecular weight excluding hydrogens is 185 g/mol. The van der Waals surface area contributed by atoms with Gasteiger partial charge >= 0.3 is 12.1 Å². The first-order chi connectivity index (χ1) is 5.89. The smallest absolute Gasteiger partial charge is 0.457 e. The van der Waals surface area contributed by atoms with Crippen LogP contribution in [0.4, 0.5) is 13.2 Å². The standard InChI is InChI=1S/C7H10F3N2O/c1-12-3-2-5(4-12)11-6(13)7(8,9)10/h5H,1-4H2,(H,11,13)/q-1/t5-/m0/s1. The Bertz CT molecular complexity index is 204. The van der Waals surface area contributed by atoms with Crippen LogP contribution in [-0.4, -0.2) is 36.1 Å². The number of nitrogens with one attached hydrogen (secondary N) is 1. The van der Waals surface area contributed by atoms with E-state index in [1.165, 1.54) is 0 Å². The van der Waals surface area contributed by atoms with Gasteiger partial charge in [0.05, 0.1) is 0 Å². The molecule has 0 aliphatic carbocycles. The summed E-state index contributed by atoms with van der Waals surface area (Å²) in [6.45, 7) is 0.991. The summed E-state index contributed by atoms with van der Waals surface area (Å²) in [4.78, 5) is 12.1. The fraction of sp³-hybridized carbons (Fsp3) is 0.714. The molecule has 13 heavy (non-hydrogen) atoms. The van der Waals surface area contributed by atoms with E-state index in [-0.39, 0.29) is 0 Å². The van der Waals surface area contributed by atoms with E-state index in [0.717, 1.165) is 0 Å². The number of rotatable bonds is 1. The van der Waals surface area contributed by atoms with Gasteiger partial charge in [0, 0.05) is 6.04 Å². The van der Waals surface area contributed by atoms with E-state index in [1.807, 2.05) is 5.32 Å². The van der Waals surface area contributed by atoms with E-state index in [4.69, 9.17) is 0 Å². The largest absolute Gasteiger partial charge is 0.471 e. The number of hydrogen-bond donors (Lipinski definition) is 1. The molecule has 0 aromatic heterocycles. The number of hydrogen-bond acceptors (Lipinski definition) is 2. The van der Waals surface area contributed by atoms with Gasteiger partial charge in [-0.15, -0.1) is 0 Å². The molecule has 1 N–H and O–H groups in total. The molecule has 1 amide bonds. The number of amides is 1. The molecule has 76 valence electrons. The Morgan fingerprint density at radius 3 is 2.54 bits per heavy atom. The van der Waals surface area contributed by atoms with Gasteiger partial charge in [-0.05, 0) is 19.5 Å². The minimum absolute atomic E-state index is 0.377. The number of carbonyl (C=O) groups is 1. The molecule has 1 rings (SSSR count). The van der Waals surface area contributed by atoms with Crippen LogP contribution in [0.2, 0.25) is 0 Å². The lowest BCUT2D eigenvalue weighted by Gasteiger charge is -2.17. The van der Waals surface area contributed by atoms with Gasteiger partial charge in [-0.2, -0.15) is 13.2 Å². The van der Waals surface area contributed by atoms with Crippen LogP contribution >= 0.6 is 0 Å². The van der Waals surface area contributed by atoms with E-state index < -0.39 is 18.1 Å². The molecule has 0 unspecified atom stereocenters. The van der Waals surface area contributed by atoms with E-state index in [9.17, 15) is 18.0 Å². The molecule has 0 saturated carbocycles. The summed E-state index contributed by atoms with van der Waals surface area (Å²) in [6, 6.07) is -0.424. The number of halogens is 3. The van der Waals surface area contributed by atoms with Crippen molar-refractivity contribution in [2.45, 2.75) is 18.6 Å². The second kappa shape index (κ2) is 3.53. The highest BCUT2D eigenvalue weighted by Crippen LogP contribution is 2.16. The number of carbonyl (C=O) groups excluding carboxylic acids is 1. The summed E-state index contributed by atoms with van der Waals surface area (Å²) in [6.07, 6.45) is -4.26. The third-order valence-electron chi connectivity index (χ3n) is 1.87. The molecule has 0 radical (unpaired) electrons. The Morgan fingerprint density at radius 1 is 1.54 bits per heavy atom. The molecule has 0 spiro atoms. The molecule has 1 atom stereocenters. The lowest BCUT2D eigenvalue weighted by Crippen LogP contribution is -2.43. The maximum absolute atomic E-state index is 11.8. The highest BCUT2D eigenvalue weighted by atomic mass is 19.4. The maximum atomic E-state index is 11.8. The van der Waals surface area contributed by atoms with Crippen molar-refractivity contribution < 1.29 is 18.0 Å². The van der Waals surface area contributed by atoms with Crippen LogP contribution in [0, 0.1) is 7.05 Å². The van der Waals surface area contributed by atoms with Crippen LogP contribution in [0.15, 0.2) is 0 Å². The van der Waals surface area contributed by atoms with Crippen molar-refractivity contribution in [2.24, 2.45) is 0 Å². The van der Waals surface area contributed by atoms with Gasteiger partial charge in [-0.3, -0.25) is 11.8 Å². The van der Waals surface area contributed by atoms with Gasteiger partial charge in [-0.1, -0.05) is 0 Å². The molecule has 1 aliphatic rings. The Morgan fingerprint density at radius 2 is 2.15 bits per heavy atom. The molecule has 1 aliphatic heterocycles. The molecular formula is C7H10F3N2O-. The minimum atomic E-state index is -4.78. The predicted molar refractivity (Wildman–Crippen MR) is 39.5 cm³/mol.